The molecule has 0 radical (unpaired) electrons. The summed E-state index contributed by atoms with van der Waals surface area (Å²) in [7, 11) is 1.61. The van der Waals surface area contributed by atoms with Crippen LogP contribution >= 0.6 is 0 Å². The Morgan fingerprint density at radius 3 is 3.00 bits per heavy atom. The van der Waals surface area contributed by atoms with Gasteiger partial charge in [0, 0.05) is 23.6 Å². The van der Waals surface area contributed by atoms with E-state index in [2.05, 4.69) is 15.2 Å². The van der Waals surface area contributed by atoms with Gasteiger partial charge in [-0.1, -0.05) is 0 Å². The summed E-state index contributed by atoms with van der Waals surface area (Å²) in [5.41, 5.74) is 7.36. The van der Waals surface area contributed by atoms with Crippen molar-refractivity contribution in [3.8, 4) is 17.1 Å². The Labute approximate surface area is 103 Å². The first-order valence-electron chi connectivity index (χ1n) is 5.39. The number of methoxy groups -OCH3 is 1. The van der Waals surface area contributed by atoms with Gasteiger partial charge in [0.15, 0.2) is 5.82 Å². The second-order valence-corrected chi connectivity index (χ2v) is 3.77. The monoisotopic (exact) mass is 241 g/mol. The molecule has 6 nitrogen and oxygen atoms in total. The number of nitrogens with two attached hydrogens (primary N) is 1. The minimum absolute atomic E-state index is 0.537. The van der Waals surface area contributed by atoms with E-state index in [1.807, 2.05) is 18.3 Å². The van der Waals surface area contributed by atoms with Gasteiger partial charge in [-0.05, 0) is 24.3 Å². The summed E-state index contributed by atoms with van der Waals surface area (Å²) < 4.78 is 6.97. The van der Waals surface area contributed by atoms with Crippen LogP contribution < -0.4 is 10.5 Å². The topological polar surface area (TPSA) is 78.3 Å². The van der Waals surface area contributed by atoms with Gasteiger partial charge in [0.1, 0.15) is 5.75 Å². The molecule has 0 atom stereocenters. The third-order valence-electron chi connectivity index (χ3n) is 2.69. The lowest BCUT2D eigenvalue weighted by Crippen LogP contribution is -1.96. The zero-order chi connectivity index (χ0) is 12.5. The molecule has 3 aromatic rings. The summed E-state index contributed by atoms with van der Waals surface area (Å²) in [5, 5.41) is 8.11. The Hall–Kier alpha value is -2.63. The van der Waals surface area contributed by atoms with Gasteiger partial charge >= 0.3 is 0 Å². The van der Waals surface area contributed by atoms with Crippen LogP contribution in [0.25, 0.3) is 17.2 Å². The predicted octanol–water partition coefficient (Wildman–Crippen LogP) is 1.38. The molecule has 0 saturated carbocycles. The van der Waals surface area contributed by atoms with Crippen molar-refractivity contribution >= 4 is 11.5 Å². The fourth-order valence-electron chi connectivity index (χ4n) is 1.78. The smallest absolute Gasteiger partial charge is 0.255 e. The average molecular weight is 241 g/mol. The van der Waals surface area contributed by atoms with E-state index < -0.39 is 0 Å². The van der Waals surface area contributed by atoms with Crippen molar-refractivity contribution in [1.82, 2.24) is 19.6 Å². The van der Waals surface area contributed by atoms with Crippen molar-refractivity contribution in [2.45, 2.75) is 0 Å². The molecule has 0 amide bonds. The van der Waals surface area contributed by atoms with Gasteiger partial charge in [0.2, 0.25) is 0 Å². The summed E-state index contributed by atoms with van der Waals surface area (Å²) in [6.07, 6.45) is 3.51. The Morgan fingerprint density at radius 1 is 1.28 bits per heavy atom. The molecule has 2 N–H and O–H groups in total. The third-order valence-corrected chi connectivity index (χ3v) is 2.69. The number of nitrogen functional groups attached to an aromatic ring is 1. The number of anilines is 1. The van der Waals surface area contributed by atoms with E-state index in [1.54, 1.807) is 29.8 Å². The van der Waals surface area contributed by atoms with Crippen LogP contribution in [0.2, 0.25) is 0 Å². The summed E-state index contributed by atoms with van der Waals surface area (Å²) in [6, 6.07) is 7.24. The first kappa shape index (κ1) is 10.5. The lowest BCUT2D eigenvalue weighted by molar-refractivity contribution is 0.415. The van der Waals surface area contributed by atoms with Crippen molar-refractivity contribution in [2.24, 2.45) is 0 Å². The number of aromatic nitrogens is 4. The number of hydrogen-bond donors (Lipinski definition) is 1. The Morgan fingerprint density at radius 2 is 2.17 bits per heavy atom. The number of fused-ring (bicyclic) bond motifs is 1. The standard InChI is InChI=1S/C12H11N5O/c1-18-8-3-4-10(13)9(7-8)11-15-16-12-14-5-2-6-17(11)12/h2-7H,13H2,1H3. The Balaban J connectivity index is 2.25. The number of benzene rings is 1. The zero-order valence-electron chi connectivity index (χ0n) is 9.74. The molecule has 0 fully saturated rings. The first-order chi connectivity index (χ1) is 8.79. The maximum atomic E-state index is 5.97. The number of nitrogens with zero attached hydrogens (tertiary/aromatic N) is 4. The number of ether oxygens (including phenoxy) is 1. The molecule has 90 valence electrons. The fourth-order valence-corrected chi connectivity index (χ4v) is 1.78. The third kappa shape index (κ3) is 1.55. The molecule has 3 rings (SSSR count). The lowest BCUT2D eigenvalue weighted by atomic mass is 10.1. The fraction of sp³-hybridized carbons (Fsp3) is 0.0833. The highest BCUT2D eigenvalue weighted by Gasteiger charge is 2.12. The Kier molecular flexibility index (Phi) is 2.33. The Bertz CT molecular complexity index is 707. The van der Waals surface area contributed by atoms with Gasteiger partial charge in [-0.15, -0.1) is 10.2 Å². The molecular weight excluding hydrogens is 230 g/mol. The van der Waals surface area contributed by atoms with E-state index in [4.69, 9.17) is 10.5 Å². The van der Waals surface area contributed by atoms with E-state index in [-0.39, 0.29) is 0 Å². The molecule has 0 aliphatic heterocycles. The van der Waals surface area contributed by atoms with Crippen molar-refractivity contribution in [1.29, 1.82) is 0 Å². The van der Waals surface area contributed by atoms with E-state index in [0.717, 1.165) is 11.3 Å². The molecule has 0 aliphatic rings. The molecule has 0 bridgehead atoms. The van der Waals surface area contributed by atoms with Gasteiger partial charge < -0.3 is 10.5 Å². The van der Waals surface area contributed by atoms with Crippen LogP contribution in [0, 0.1) is 0 Å². The zero-order valence-corrected chi connectivity index (χ0v) is 9.74. The van der Waals surface area contributed by atoms with Gasteiger partial charge in [-0.2, -0.15) is 0 Å². The highest BCUT2D eigenvalue weighted by atomic mass is 16.5. The van der Waals surface area contributed by atoms with Crippen molar-refractivity contribution in [3.63, 3.8) is 0 Å². The van der Waals surface area contributed by atoms with Crippen LogP contribution in [0.4, 0.5) is 5.69 Å². The molecule has 18 heavy (non-hydrogen) atoms. The minimum Gasteiger partial charge on any atom is -0.497 e. The van der Waals surface area contributed by atoms with Crippen molar-refractivity contribution in [2.75, 3.05) is 12.8 Å². The van der Waals surface area contributed by atoms with E-state index >= 15 is 0 Å². The molecule has 2 aromatic heterocycles. The summed E-state index contributed by atoms with van der Waals surface area (Å²) in [5.74, 6) is 1.91. The highest BCUT2D eigenvalue weighted by molar-refractivity contribution is 5.74. The second-order valence-electron chi connectivity index (χ2n) is 3.77. The van der Waals surface area contributed by atoms with Gasteiger partial charge in [0.05, 0.1) is 7.11 Å². The average Bonchev–Trinajstić information content (AvgIpc) is 2.83. The summed E-state index contributed by atoms with van der Waals surface area (Å²) in [4.78, 5) is 4.12. The van der Waals surface area contributed by atoms with Crippen molar-refractivity contribution in [3.05, 3.63) is 36.7 Å². The van der Waals surface area contributed by atoms with Gasteiger partial charge in [-0.25, -0.2) is 4.98 Å². The predicted molar refractivity (Wildman–Crippen MR) is 67.2 cm³/mol. The number of rotatable bonds is 2. The van der Waals surface area contributed by atoms with E-state index in [9.17, 15) is 0 Å². The molecule has 0 unspecified atom stereocenters. The molecular formula is C12H11N5O. The molecule has 0 saturated heterocycles. The second kappa shape index (κ2) is 3.99. The van der Waals surface area contributed by atoms with Gasteiger partial charge in [0.25, 0.3) is 5.78 Å². The highest BCUT2D eigenvalue weighted by Crippen LogP contribution is 2.28. The van der Waals surface area contributed by atoms with Gasteiger partial charge in [-0.3, -0.25) is 4.40 Å². The summed E-state index contributed by atoms with van der Waals surface area (Å²) in [6.45, 7) is 0. The van der Waals surface area contributed by atoms with E-state index in [1.165, 1.54) is 0 Å². The van der Waals surface area contributed by atoms with Crippen LogP contribution in [-0.2, 0) is 0 Å². The largest absolute Gasteiger partial charge is 0.497 e. The SMILES string of the molecule is COc1ccc(N)c(-c2nnc3ncccn23)c1. The van der Waals surface area contributed by atoms with E-state index in [0.29, 0.717) is 17.3 Å². The molecule has 6 heteroatoms. The van der Waals surface area contributed by atoms with Crippen LogP contribution in [0.3, 0.4) is 0 Å². The van der Waals surface area contributed by atoms with Crippen LogP contribution in [-0.4, -0.2) is 26.7 Å². The molecule has 0 spiro atoms. The number of hydrogen-bond acceptors (Lipinski definition) is 5. The van der Waals surface area contributed by atoms with Crippen LogP contribution in [0.5, 0.6) is 5.75 Å². The molecule has 0 aliphatic carbocycles. The maximum absolute atomic E-state index is 5.97. The maximum Gasteiger partial charge on any atom is 0.255 e. The molecule has 2 heterocycles. The minimum atomic E-state index is 0.537. The quantitative estimate of drug-likeness (QED) is 0.686. The van der Waals surface area contributed by atoms with Crippen LogP contribution in [0.15, 0.2) is 36.7 Å². The van der Waals surface area contributed by atoms with Crippen LogP contribution in [0.1, 0.15) is 0 Å². The molecule has 1 aromatic carbocycles. The normalized spacial score (nSPS) is 10.7. The first-order valence-corrected chi connectivity index (χ1v) is 5.39. The lowest BCUT2D eigenvalue weighted by Gasteiger charge is -2.06. The van der Waals surface area contributed by atoms with Crippen molar-refractivity contribution < 1.29 is 4.74 Å². The summed E-state index contributed by atoms with van der Waals surface area (Å²) >= 11 is 0.